The molecule has 2 aromatic carbocycles. The molecular weight excluding hydrogens is 394 g/mol. The van der Waals surface area contributed by atoms with Crippen molar-refractivity contribution in [3.63, 3.8) is 0 Å². The molecule has 31 heavy (non-hydrogen) atoms. The Hall–Kier alpha value is -3.55. The highest BCUT2D eigenvalue weighted by molar-refractivity contribution is 5.91. The molecule has 3 N–H and O–H groups in total. The minimum atomic E-state index is -0.296. The van der Waals surface area contributed by atoms with E-state index in [1.165, 1.54) is 0 Å². The van der Waals surface area contributed by atoms with Crippen molar-refractivity contribution >= 4 is 34.4 Å². The fraction of sp³-hybridized carbons (Fsp3) is 0.348. The number of benzene rings is 2. The number of fused-ring (bicyclic) bond motifs is 1. The van der Waals surface area contributed by atoms with E-state index in [1.807, 2.05) is 56.0 Å². The molecule has 4 rings (SSSR count). The van der Waals surface area contributed by atoms with Crippen molar-refractivity contribution in [3.8, 4) is 0 Å². The zero-order valence-corrected chi connectivity index (χ0v) is 18.0. The van der Waals surface area contributed by atoms with Gasteiger partial charge in [-0.05, 0) is 35.9 Å². The Morgan fingerprint density at radius 1 is 1.19 bits per heavy atom. The summed E-state index contributed by atoms with van der Waals surface area (Å²) in [5, 5.41) is 8.51. The smallest absolute Gasteiger partial charge is 0.319 e. The molecule has 162 valence electrons. The lowest BCUT2D eigenvalue weighted by molar-refractivity contribution is -0.120. The third-order valence-electron chi connectivity index (χ3n) is 5.08. The van der Waals surface area contributed by atoms with E-state index < -0.39 is 0 Å². The SMILES string of the molecule is CC(C)(C)c1nc2cc(NC(=O)NCc3ccc(N4CCNC(=O)C4)cc3)ccc2o1. The predicted octanol–water partition coefficient (Wildman–Crippen LogP) is 3.38. The second-order valence-electron chi connectivity index (χ2n) is 8.70. The summed E-state index contributed by atoms with van der Waals surface area (Å²) in [6.45, 7) is 8.33. The molecule has 8 heteroatoms. The van der Waals surface area contributed by atoms with E-state index in [0.717, 1.165) is 17.8 Å². The molecule has 1 aliphatic heterocycles. The van der Waals surface area contributed by atoms with Crippen molar-refractivity contribution in [2.24, 2.45) is 0 Å². The first-order valence-electron chi connectivity index (χ1n) is 10.3. The minimum Gasteiger partial charge on any atom is -0.440 e. The maximum Gasteiger partial charge on any atom is 0.319 e. The zero-order chi connectivity index (χ0) is 22.0. The molecule has 0 saturated carbocycles. The molecule has 0 atom stereocenters. The summed E-state index contributed by atoms with van der Waals surface area (Å²) in [6, 6.07) is 13.0. The van der Waals surface area contributed by atoms with Crippen molar-refractivity contribution < 1.29 is 14.0 Å². The Morgan fingerprint density at radius 2 is 1.97 bits per heavy atom. The average molecular weight is 422 g/mol. The molecule has 1 aromatic heterocycles. The number of aromatic nitrogens is 1. The maximum absolute atomic E-state index is 12.3. The van der Waals surface area contributed by atoms with Crippen LogP contribution in [0.1, 0.15) is 32.2 Å². The normalized spacial score (nSPS) is 14.4. The third kappa shape index (κ3) is 4.96. The van der Waals surface area contributed by atoms with Gasteiger partial charge in [-0.3, -0.25) is 4.79 Å². The molecule has 3 aromatic rings. The fourth-order valence-electron chi connectivity index (χ4n) is 3.37. The molecule has 2 heterocycles. The highest BCUT2D eigenvalue weighted by Gasteiger charge is 2.21. The Kier molecular flexibility index (Phi) is 5.54. The van der Waals surface area contributed by atoms with Gasteiger partial charge in [-0.15, -0.1) is 0 Å². The van der Waals surface area contributed by atoms with Crippen molar-refractivity contribution in [2.45, 2.75) is 32.7 Å². The van der Waals surface area contributed by atoms with Crippen LogP contribution in [0.4, 0.5) is 16.2 Å². The van der Waals surface area contributed by atoms with Crippen LogP contribution in [0.15, 0.2) is 46.9 Å². The summed E-state index contributed by atoms with van der Waals surface area (Å²) in [6.07, 6.45) is 0. The van der Waals surface area contributed by atoms with Crippen molar-refractivity contribution in [2.75, 3.05) is 29.9 Å². The number of rotatable bonds is 4. The largest absolute Gasteiger partial charge is 0.440 e. The summed E-state index contributed by atoms with van der Waals surface area (Å²) in [7, 11) is 0. The molecule has 1 saturated heterocycles. The number of nitrogens with one attached hydrogen (secondary N) is 3. The first kappa shape index (κ1) is 20.7. The number of oxazole rings is 1. The number of carbonyl (C=O) groups excluding carboxylic acids is 2. The van der Waals surface area contributed by atoms with Crippen LogP contribution >= 0.6 is 0 Å². The lowest BCUT2D eigenvalue weighted by atomic mass is 9.97. The van der Waals surface area contributed by atoms with Gasteiger partial charge in [0.2, 0.25) is 11.8 Å². The number of nitrogens with zero attached hydrogens (tertiary/aromatic N) is 2. The highest BCUT2D eigenvalue weighted by Crippen LogP contribution is 2.27. The standard InChI is InChI=1S/C23H27N5O3/c1-23(2,3)21-27-18-12-16(6-9-19(18)31-21)26-22(30)25-13-15-4-7-17(8-5-15)28-11-10-24-20(29)14-28/h4-9,12H,10-11,13-14H2,1-3H3,(H,24,29)(H2,25,26,30). The second kappa shape index (κ2) is 8.29. The summed E-state index contributed by atoms with van der Waals surface area (Å²) in [4.78, 5) is 30.4. The van der Waals surface area contributed by atoms with Crippen molar-refractivity contribution in [1.29, 1.82) is 0 Å². The number of amides is 3. The van der Waals surface area contributed by atoms with Gasteiger partial charge in [0.25, 0.3) is 0 Å². The molecule has 0 spiro atoms. The van der Waals surface area contributed by atoms with Crippen LogP contribution in [0.2, 0.25) is 0 Å². The number of hydrogen-bond acceptors (Lipinski definition) is 5. The number of carbonyl (C=O) groups is 2. The van der Waals surface area contributed by atoms with Gasteiger partial charge in [0.1, 0.15) is 5.52 Å². The second-order valence-corrected chi connectivity index (χ2v) is 8.70. The van der Waals surface area contributed by atoms with Crippen LogP contribution < -0.4 is 20.9 Å². The van der Waals surface area contributed by atoms with Gasteiger partial charge in [0.15, 0.2) is 5.58 Å². The van der Waals surface area contributed by atoms with Gasteiger partial charge >= 0.3 is 6.03 Å². The molecule has 1 aliphatic rings. The zero-order valence-electron chi connectivity index (χ0n) is 18.0. The maximum atomic E-state index is 12.3. The van der Waals surface area contributed by atoms with E-state index in [9.17, 15) is 9.59 Å². The van der Waals surface area contributed by atoms with Crippen LogP contribution in [0.25, 0.3) is 11.1 Å². The molecule has 0 radical (unpaired) electrons. The molecule has 8 nitrogen and oxygen atoms in total. The van der Waals surface area contributed by atoms with Crippen LogP contribution in [-0.4, -0.2) is 36.6 Å². The Bertz CT molecular complexity index is 1100. The molecule has 0 bridgehead atoms. The van der Waals surface area contributed by atoms with E-state index in [1.54, 1.807) is 12.1 Å². The monoisotopic (exact) mass is 421 g/mol. The van der Waals surface area contributed by atoms with Gasteiger partial charge < -0.3 is 25.3 Å². The van der Waals surface area contributed by atoms with Gasteiger partial charge in [0.05, 0.1) is 6.54 Å². The summed E-state index contributed by atoms with van der Waals surface area (Å²) in [5.41, 5.74) is 3.85. The van der Waals surface area contributed by atoms with Crippen LogP contribution in [0, 0.1) is 0 Å². The molecule has 3 amide bonds. The van der Waals surface area contributed by atoms with Crippen molar-refractivity contribution in [1.82, 2.24) is 15.6 Å². The predicted molar refractivity (Wildman–Crippen MR) is 120 cm³/mol. The lowest BCUT2D eigenvalue weighted by Crippen LogP contribution is -2.47. The average Bonchev–Trinajstić information content (AvgIpc) is 3.17. The third-order valence-corrected chi connectivity index (χ3v) is 5.08. The fourth-order valence-corrected chi connectivity index (χ4v) is 3.37. The van der Waals surface area contributed by atoms with Gasteiger partial charge in [-0.1, -0.05) is 32.9 Å². The number of hydrogen-bond donors (Lipinski definition) is 3. The Balaban J connectivity index is 1.33. The van der Waals surface area contributed by atoms with Crippen molar-refractivity contribution in [3.05, 3.63) is 53.9 Å². The highest BCUT2D eigenvalue weighted by atomic mass is 16.3. The van der Waals surface area contributed by atoms with E-state index in [2.05, 4.69) is 20.9 Å². The topological polar surface area (TPSA) is 99.5 Å². The summed E-state index contributed by atoms with van der Waals surface area (Å²) >= 11 is 0. The number of anilines is 2. The number of urea groups is 1. The van der Waals surface area contributed by atoms with E-state index >= 15 is 0 Å². The first-order chi connectivity index (χ1) is 14.8. The Morgan fingerprint density at radius 3 is 2.68 bits per heavy atom. The quantitative estimate of drug-likeness (QED) is 0.600. The van der Waals surface area contributed by atoms with Gasteiger partial charge in [-0.25, -0.2) is 9.78 Å². The van der Waals surface area contributed by atoms with Crippen LogP contribution in [0.5, 0.6) is 0 Å². The van der Waals surface area contributed by atoms with Crippen LogP contribution in [-0.2, 0) is 16.8 Å². The molecule has 0 unspecified atom stereocenters. The van der Waals surface area contributed by atoms with E-state index in [4.69, 9.17) is 4.42 Å². The molecular formula is C23H27N5O3. The summed E-state index contributed by atoms with van der Waals surface area (Å²) < 4.78 is 5.79. The first-order valence-corrected chi connectivity index (χ1v) is 10.3. The van der Waals surface area contributed by atoms with E-state index in [-0.39, 0.29) is 17.4 Å². The van der Waals surface area contributed by atoms with Gasteiger partial charge in [-0.2, -0.15) is 0 Å². The number of piperazine rings is 1. The van der Waals surface area contributed by atoms with E-state index in [0.29, 0.717) is 42.3 Å². The van der Waals surface area contributed by atoms with Crippen LogP contribution in [0.3, 0.4) is 0 Å². The Labute approximate surface area is 181 Å². The lowest BCUT2D eigenvalue weighted by Gasteiger charge is -2.28. The summed E-state index contributed by atoms with van der Waals surface area (Å²) in [5.74, 6) is 0.699. The van der Waals surface area contributed by atoms with Gasteiger partial charge in [0, 0.05) is 36.4 Å². The minimum absolute atomic E-state index is 0.0344. The molecule has 0 aliphatic carbocycles. The molecule has 1 fully saturated rings.